The van der Waals surface area contributed by atoms with Gasteiger partial charge in [-0.15, -0.1) is 0 Å². The minimum Gasteiger partial charge on any atom is -0.382 e. The number of carbonyl (C=O) groups is 1. The highest BCUT2D eigenvalue weighted by Crippen LogP contribution is 2.17. The van der Waals surface area contributed by atoms with Crippen molar-refractivity contribution in [1.29, 1.82) is 5.26 Å². The number of pyridine rings is 1. The van der Waals surface area contributed by atoms with E-state index >= 15 is 0 Å². The molecule has 7 heteroatoms. The van der Waals surface area contributed by atoms with Gasteiger partial charge in [0.05, 0.1) is 11.3 Å². The number of nitrogens with zero attached hydrogens (tertiary/aromatic N) is 1. The third kappa shape index (κ3) is 3.54. The number of halogens is 1. The number of aromatic amines is 1. The van der Waals surface area contributed by atoms with Gasteiger partial charge in [0, 0.05) is 30.1 Å². The number of rotatable bonds is 5. The zero-order chi connectivity index (χ0) is 18.5. The van der Waals surface area contributed by atoms with Crippen LogP contribution in [0.3, 0.4) is 0 Å². The van der Waals surface area contributed by atoms with Crippen molar-refractivity contribution in [2.24, 2.45) is 0 Å². The lowest BCUT2D eigenvalue weighted by Crippen LogP contribution is -2.30. The fourth-order valence-corrected chi connectivity index (χ4v) is 2.65. The predicted molar refractivity (Wildman–Crippen MR) is 96.5 cm³/mol. The van der Waals surface area contributed by atoms with Crippen LogP contribution >= 0.6 is 0 Å². The number of benzene rings is 2. The Morgan fingerprint density at radius 2 is 1.96 bits per heavy atom. The summed E-state index contributed by atoms with van der Waals surface area (Å²) in [7, 11) is 0. The van der Waals surface area contributed by atoms with Crippen molar-refractivity contribution in [3.8, 4) is 6.07 Å². The Hall–Kier alpha value is -3.66. The van der Waals surface area contributed by atoms with Crippen molar-refractivity contribution in [3.63, 3.8) is 0 Å². The fourth-order valence-electron chi connectivity index (χ4n) is 2.65. The van der Waals surface area contributed by atoms with Crippen LogP contribution in [0.2, 0.25) is 0 Å². The molecule has 0 saturated heterocycles. The van der Waals surface area contributed by atoms with Crippen LogP contribution in [0.1, 0.15) is 15.9 Å². The number of fused-ring (bicyclic) bond motifs is 1. The van der Waals surface area contributed by atoms with Crippen molar-refractivity contribution in [1.82, 2.24) is 10.3 Å². The zero-order valence-electron chi connectivity index (χ0n) is 13.7. The second kappa shape index (κ2) is 7.49. The first-order chi connectivity index (χ1) is 12.6. The molecule has 2 aromatic carbocycles. The number of anilines is 1. The van der Waals surface area contributed by atoms with Crippen molar-refractivity contribution in [3.05, 3.63) is 75.8 Å². The third-order valence-electron chi connectivity index (χ3n) is 3.85. The minimum absolute atomic E-state index is 0.0700. The van der Waals surface area contributed by atoms with E-state index in [4.69, 9.17) is 5.26 Å². The molecule has 1 aromatic heterocycles. The molecule has 1 amide bonds. The van der Waals surface area contributed by atoms with E-state index in [2.05, 4.69) is 15.6 Å². The lowest BCUT2D eigenvalue weighted by atomic mass is 10.1. The first-order valence-corrected chi connectivity index (χ1v) is 7.93. The average molecular weight is 350 g/mol. The van der Waals surface area contributed by atoms with E-state index in [1.54, 1.807) is 36.4 Å². The fraction of sp³-hybridized carbons (Fsp3) is 0.105. The SMILES string of the molecule is N#Cc1c(F)cccc1NCCNC(=O)c1cc(=O)[nH]c2ccccc12. The first-order valence-electron chi connectivity index (χ1n) is 7.93. The topological polar surface area (TPSA) is 97.8 Å². The molecular formula is C19H15FN4O2. The second-order valence-corrected chi connectivity index (χ2v) is 5.55. The van der Waals surface area contributed by atoms with Crippen molar-refractivity contribution >= 4 is 22.5 Å². The number of aromatic nitrogens is 1. The van der Waals surface area contributed by atoms with E-state index < -0.39 is 5.82 Å². The summed E-state index contributed by atoms with van der Waals surface area (Å²) in [5, 5.41) is 15.3. The van der Waals surface area contributed by atoms with Gasteiger partial charge >= 0.3 is 0 Å². The Labute approximate surface area is 148 Å². The summed E-state index contributed by atoms with van der Waals surface area (Å²) in [4.78, 5) is 26.8. The Bertz CT molecular complexity index is 1070. The lowest BCUT2D eigenvalue weighted by Gasteiger charge is -2.10. The third-order valence-corrected chi connectivity index (χ3v) is 3.85. The summed E-state index contributed by atoms with van der Waals surface area (Å²) in [6.45, 7) is 0.534. The molecule has 130 valence electrons. The average Bonchev–Trinajstić information content (AvgIpc) is 2.64. The van der Waals surface area contributed by atoms with Gasteiger partial charge in [0.15, 0.2) is 0 Å². The molecule has 0 atom stereocenters. The maximum absolute atomic E-state index is 13.5. The van der Waals surface area contributed by atoms with Gasteiger partial charge in [-0.2, -0.15) is 5.26 Å². The van der Waals surface area contributed by atoms with Crippen LogP contribution in [0.5, 0.6) is 0 Å². The van der Waals surface area contributed by atoms with Gasteiger partial charge in [0.2, 0.25) is 5.56 Å². The first kappa shape index (κ1) is 17.2. The second-order valence-electron chi connectivity index (χ2n) is 5.55. The molecule has 0 aliphatic carbocycles. The van der Waals surface area contributed by atoms with E-state index in [0.29, 0.717) is 23.1 Å². The molecule has 0 fully saturated rings. The normalized spacial score (nSPS) is 10.3. The van der Waals surface area contributed by atoms with Crippen LogP contribution < -0.4 is 16.2 Å². The van der Waals surface area contributed by atoms with Crippen molar-refractivity contribution in [2.45, 2.75) is 0 Å². The van der Waals surface area contributed by atoms with Gasteiger partial charge in [-0.1, -0.05) is 24.3 Å². The number of H-pyrrole nitrogens is 1. The summed E-state index contributed by atoms with van der Waals surface area (Å²) < 4.78 is 13.5. The Morgan fingerprint density at radius 3 is 2.77 bits per heavy atom. The summed E-state index contributed by atoms with van der Waals surface area (Å²) in [5.74, 6) is -0.981. The van der Waals surface area contributed by atoms with Gasteiger partial charge in [0.25, 0.3) is 5.91 Å². The number of hydrogen-bond donors (Lipinski definition) is 3. The smallest absolute Gasteiger partial charge is 0.252 e. The van der Waals surface area contributed by atoms with E-state index in [-0.39, 0.29) is 29.1 Å². The minimum atomic E-state index is -0.600. The monoisotopic (exact) mass is 350 g/mol. The summed E-state index contributed by atoms with van der Waals surface area (Å²) in [5.41, 5.74) is 0.808. The summed E-state index contributed by atoms with van der Waals surface area (Å²) in [6, 6.07) is 14.4. The molecule has 3 aromatic rings. The quantitative estimate of drug-likeness (QED) is 0.615. The van der Waals surface area contributed by atoms with E-state index in [9.17, 15) is 14.0 Å². The molecule has 6 nitrogen and oxygen atoms in total. The molecule has 1 heterocycles. The summed E-state index contributed by atoms with van der Waals surface area (Å²) in [6.07, 6.45) is 0. The number of nitrogens with one attached hydrogen (secondary N) is 3. The Balaban J connectivity index is 1.67. The predicted octanol–water partition coefficient (Wildman–Crippen LogP) is 2.38. The van der Waals surface area contributed by atoms with Crippen molar-refractivity contribution < 1.29 is 9.18 Å². The van der Waals surface area contributed by atoms with E-state index in [1.807, 2.05) is 0 Å². The maximum atomic E-state index is 13.5. The van der Waals surface area contributed by atoms with Gasteiger partial charge < -0.3 is 15.6 Å². The largest absolute Gasteiger partial charge is 0.382 e. The number of hydrogen-bond acceptors (Lipinski definition) is 4. The molecule has 0 bridgehead atoms. The molecule has 26 heavy (non-hydrogen) atoms. The highest BCUT2D eigenvalue weighted by atomic mass is 19.1. The molecule has 0 radical (unpaired) electrons. The van der Waals surface area contributed by atoms with Gasteiger partial charge in [-0.25, -0.2) is 4.39 Å². The standard InChI is InChI=1S/C19H15FN4O2/c20-15-5-3-7-16(14(15)11-21)22-8-9-23-19(26)13-10-18(25)24-17-6-2-1-4-12(13)17/h1-7,10,22H,8-9H2,(H,23,26)(H,24,25). The van der Waals surface area contributed by atoms with E-state index in [0.717, 1.165) is 0 Å². The van der Waals surface area contributed by atoms with Gasteiger partial charge in [-0.05, 0) is 18.2 Å². The van der Waals surface area contributed by atoms with Gasteiger partial charge in [0.1, 0.15) is 17.4 Å². The summed E-state index contributed by atoms with van der Waals surface area (Å²) >= 11 is 0. The number of carbonyl (C=O) groups excluding carboxylic acids is 1. The molecular weight excluding hydrogens is 335 g/mol. The molecule has 0 aliphatic rings. The number of amides is 1. The Kier molecular flexibility index (Phi) is 4.94. The van der Waals surface area contributed by atoms with Crippen LogP contribution in [-0.4, -0.2) is 24.0 Å². The molecule has 3 rings (SSSR count). The highest BCUT2D eigenvalue weighted by molar-refractivity contribution is 6.05. The number of nitriles is 1. The Morgan fingerprint density at radius 1 is 1.15 bits per heavy atom. The lowest BCUT2D eigenvalue weighted by molar-refractivity contribution is 0.0956. The van der Waals surface area contributed by atoms with Crippen LogP contribution in [0.15, 0.2) is 53.3 Å². The van der Waals surface area contributed by atoms with Gasteiger partial charge in [-0.3, -0.25) is 9.59 Å². The van der Waals surface area contributed by atoms with Crippen LogP contribution in [0.25, 0.3) is 10.9 Å². The van der Waals surface area contributed by atoms with Crippen LogP contribution in [0, 0.1) is 17.1 Å². The van der Waals surface area contributed by atoms with Crippen molar-refractivity contribution in [2.75, 3.05) is 18.4 Å². The van der Waals surface area contributed by atoms with E-state index in [1.165, 1.54) is 18.2 Å². The number of para-hydroxylation sites is 1. The maximum Gasteiger partial charge on any atom is 0.252 e. The molecule has 0 saturated carbocycles. The molecule has 0 spiro atoms. The molecule has 3 N–H and O–H groups in total. The van der Waals surface area contributed by atoms with Crippen LogP contribution in [-0.2, 0) is 0 Å². The zero-order valence-corrected chi connectivity index (χ0v) is 13.7. The highest BCUT2D eigenvalue weighted by Gasteiger charge is 2.11. The molecule has 0 aliphatic heterocycles. The van der Waals surface area contributed by atoms with Crippen LogP contribution in [0.4, 0.5) is 10.1 Å². The molecule has 0 unspecified atom stereocenters.